The first-order valence-corrected chi connectivity index (χ1v) is 7.61. The van der Waals surface area contributed by atoms with Gasteiger partial charge in [0.1, 0.15) is 5.75 Å². The van der Waals surface area contributed by atoms with Gasteiger partial charge in [-0.25, -0.2) is 4.79 Å². The number of hydrogen-bond acceptors (Lipinski definition) is 4. The van der Waals surface area contributed by atoms with Crippen molar-refractivity contribution < 1.29 is 14.3 Å². The molecule has 1 aliphatic rings. The highest BCUT2D eigenvalue weighted by Gasteiger charge is 2.20. The summed E-state index contributed by atoms with van der Waals surface area (Å²) in [6.07, 6.45) is 0.712. The van der Waals surface area contributed by atoms with Crippen molar-refractivity contribution in [2.75, 3.05) is 45.9 Å². The predicted octanol–water partition coefficient (Wildman–Crippen LogP) is 2.23. The number of para-hydroxylation sites is 1. The van der Waals surface area contributed by atoms with Crippen LogP contribution in [0.2, 0.25) is 0 Å². The van der Waals surface area contributed by atoms with Crippen molar-refractivity contribution in [3.8, 4) is 5.75 Å². The molecule has 5 nitrogen and oxygen atoms in total. The number of hydrogen-bond donors (Lipinski definition) is 0. The van der Waals surface area contributed by atoms with E-state index < -0.39 is 0 Å². The molecule has 0 spiro atoms. The normalized spacial score (nSPS) is 16.5. The van der Waals surface area contributed by atoms with Crippen LogP contribution in [0.15, 0.2) is 30.3 Å². The largest absolute Gasteiger partial charge is 0.415 e. The molecular formula is C16H24N2O3. The fourth-order valence-electron chi connectivity index (χ4n) is 2.37. The highest BCUT2D eigenvalue weighted by Crippen LogP contribution is 2.11. The zero-order valence-corrected chi connectivity index (χ0v) is 12.7. The van der Waals surface area contributed by atoms with Crippen LogP contribution in [0.5, 0.6) is 5.75 Å². The molecule has 0 aromatic heterocycles. The second-order valence-electron chi connectivity index (χ2n) is 5.06. The summed E-state index contributed by atoms with van der Waals surface area (Å²) in [6, 6.07) is 9.22. The Hall–Kier alpha value is -1.59. The molecule has 0 atom stereocenters. The lowest BCUT2D eigenvalue weighted by Crippen LogP contribution is -2.37. The van der Waals surface area contributed by atoms with Gasteiger partial charge in [0.05, 0.1) is 6.61 Å². The van der Waals surface area contributed by atoms with Gasteiger partial charge in [0.25, 0.3) is 0 Å². The SMILES string of the molecule is CCOCCN1CCCN(C(=O)Oc2ccccc2)CC1. The first-order chi connectivity index (χ1) is 10.3. The molecule has 0 bridgehead atoms. The number of carbonyl (C=O) groups is 1. The summed E-state index contributed by atoms with van der Waals surface area (Å²) in [5, 5.41) is 0. The molecule has 0 N–H and O–H groups in total. The standard InChI is InChI=1S/C16H24N2O3/c1-2-20-14-13-17-9-6-10-18(12-11-17)16(19)21-15-7-4-3-5-8-15/h3-5,7-8H,2,6,9-14H2,1H3. The molecule has 5 heteroatoms. The highest BCUT2D eigenvalue weighted by atomic mass is 16.6. The van der Waals surface area contributed by atoms with E-state index in [0.29, 0.717) is 12.3 Å². The molecule has 1 heterocycles. The van der Waals surface area contributed by atoms with Gasteiger partial charge >= 0.3 is 6.09 Å². The van der Waals surface area contributed by atoms with E-state index in [-0.39, 0.29) is 6.09 Å². The van der Waals surface area contributed by atoms with E-state index in [0.717, 1.165) is 45.8 Å². The fraction of sp³-hybridized carbons (Fsp3) is 0.562. The van der Waals surface area contributed by atoms with Gasteiger partial charge in [0, 0.05) is 32.8 Å². The first-order valence-electron chi connectivity index (χ1n) is 7.61. The number of ether oxygens (including phenoxy) is 2. The molecule has 0 saturated carbocycles. The van der Waals surface area contributed by atoms with Crippen LogP contribution in [0, 0.1) is 0 Å². The van der Waals surface area contributed by atoms with Gasteiger partial charge in [0.15, 0.2) is 0 Å². The van der Waals surface area contributed by atoms with Gasteiger partial charge in [-0.2, -0.15) is 0 Å². The van der Waals surface area contributed by atoms with E-state index in [1.54, 1.807) is 17.0 Å². The molecule has 116 valence electrons. The molecule has 2 rings (SSSR count). The van der Waals surface area contributed by atoms with E-state index in [1.165, 1.54) is 0 Å². The fourth-order valence-corrected chi connectivity index (χ4v) is 2.37. The summed E-state index contributed by atoms with van der Waals surface area (Å²) in [4.78, 5) is 16.3. The molecule has 1 saturated heterocycles. The third-order valence-electron chi connectivity index (χ3n) is 3.55. The summed E-state index contributed by atoms with van der Waals surface area (Å²) in [7, 11) is 0. The monoisotopic (exact) mass is 292 g/mol. The van der Waals surface area contributed by atoms with Crippen LogP contribution < -0.4 is 4.74 Å². The lowest BCUT2D eigenvalue weighted by molar-refractivity contribution is 0.114. The number of amides is 1. The molecule has 0 unspecified atom stereocenters. The minimum atomic E-state index is -0.257. The van der Waals surface area contributed by atoms with Crippen molar-refractivity contribution in [3.05, 3.63) is 30.3 Å². The number of benzene rings is 1. The molecule has 1 aliphatic heterocycles. The molecular weight excluding hydrogens is 268 g/mol. The average molecular weight is 292 g/mol. The van der Waals surface area contributed by atoms with Crippen molar-refractivity contribution in [1.29, 1.82) is 0 Å². The van der Waals surface area contributed by atoms with E-state index in [2.05, 4.69) is 4.90 Å². The van der Waals surface area contributed by atoms with Gasteiger partial charge in [-0.3, -0.25) is 4.90 Å². The lowest BCUT2D eigenvalue weighted by Gasteiger charge is -2.21. The number of rotatable bonds is 5. The van der Waals surface area contributed by atoms with Gasteiger partial charge in [-0.05, 0) is 32.0 Å². The zero-order chi connectivity index (χ0) is 14.9. The van der Waals surface area contributed by atoms with E-state index in [4.69, 9.17) is 9.47 Å². The van der Waals surface area contributed by atoms with E-state index >= 15 is 0 Å². The van der Waals surface area contributed by atoms with E-state index in [9.17, 15) is 4.79 Å². The van der Waals surface area contributed by atoms with Gasteiger partial charge in [-0.15, -0.1) is 0 Å². The predicted molar refractivity (Wildman–Crippen MR) is 81.6 cm³/mol. The minimum Gasteiger partial charge on any atom is -0.410 e. The Morgan fingerprint density at radius 2 is 1.95 bits per heavy atom. The Labute approximate surface area is 126 Å². The van der Waals surface area contributed by atoms with Crippen molar-refractivity contribution in [2.24, 2.45) is 0 Å². The maximum Gasteiger partial charge on any atom is 0.415 e. The van der Waals surface area contributed by atoms with Gasteiger partial charge in [-0.1, -0.05) is 18.2 Å². The third kappa shape index (κ3) is 5.36. The number of nitrogens with zero attached hydrogens (tertiary/aromatic N) is 2. The summed E-state index contributed by atoms with van der Waals surface area (Å²) in [5.41, 5.74) is 0. The Morgan fingerprint density at radius 3 is 2.71 bits per heavy atom. The maximum atomic E-state index is 12.1. The molecule has 21 heavy (non-hydrogen) atoms. The second kappa shape index (κ2) is 8.64. The van der Waals surface area contributed by atoms with Gasteiger partial charge < -0.3 is 14.4 Å². The minimum absolute atomic E-state index is 0.257. The summed E-state index contributed by atoms with van der Waals surface area (Å²) < 4.78 is 10.8. The van der Waals surface area contributed by atoms with E-state index in [1.807, 2.05) is 25.1 Å². The summed E-state index contributed by atoms with van der Waals surface area (Å²) in [6.45, 7) is 7.77. The lowest BCUT2D eigenvalue weighted by atomic mass is 10.3. The van der Waals surface area contributed by atoms with Crippen molar-refractivity contribution in [1.82, 2.24) is 9.80 Å². The Kier molecular flexibility index (Phi) is 6.50. The first kappa shape index (κ1) is 15.8. The van der Waals surface area contributed by atoms with Crippen LogP contribution in [0.3, 0.4) is 0 Å². The average Bonchev–Trinajstić information content (AvgIpc) is 2.74. The molecule has 1 amide bonds. The maximum absolute atomic E-state index is 12.1. The Bertz CT molecular complexity index is 425. The molecule has 1 aromatic carbocycles. The smallest absolute Gasteiger partial charge is 0.410 e. The van der Waals surface area contributed by atoms with Crippen molar-refractivity contribution >= 4 is 6.09 Å². The molecule has 1 fully saturated rings. The van der Waals surface area contributed by atoms with Crippen molar-refractivity contribution in [2.45, 2.75) is 13.3 Å². The summed E-state index contributed by atoms with van der Waals surface area (Å²) >= 11 is 0. The van der Waals surface area contributed by atoms with Crippen LogP contribution in [-0.4, -0.2) is 61.8 Å². The molecule has 0 aliphatic carbocycles. The van der Waals surface area contributed by atoms with Crippen LogP contribution in [0.4, 0.5) is 4.79 Å². The molecule has 0 radical (unpaired) electrons. The number of carbonyl (C=O) groups excluding carboxylic acids is 1. The topological polar surface area (TPSA) is 42.0 Å². The van der Waals surface area contributed by atoms with Crippen LogP contribution in [0.25, 0.3) is 0 Å². The van der Waals surface area contributed by atoms with Crippen LogP contribution in [-0.2, 0) is 4.74 Å². The Balaban J connectivity index is 1.78. The summed E-state index contributed by atoms with van der Waals surface area (Å²) in [5.74, 6) is 0.597. The van der Waals surface area contributed by atoms with Gasteiger partial charge in [0.2, 0.25) is 0 Å². The zero-order valence-electron chi connectivity index (χ0n) is 12.7. The van der Waals surface area contributed by atoms with Crippen LogP contribution in [0.1, 0.15) is 13.3 Å². The quantitative estimate of drug-likeness (QED) is 0.781. The van der Waals surface area contributed by atoms with Crippen molar-refractivity contribution in [3.63, 3.8) is 0 Å². The third-order valence-corrected chi connectivity index (χ3v) is 3.55. The molecule has 1 aromatic rings. The second-order valence-corrected chi connectivity index (χ2v) is 5.06. The Morgan fingerprint density at radius 1 is 1.14 bits per heavy atom. The highest BCUT2D eigenvalue weighted by molar-refractivity contribution is 5.70. The van der Waals surface area contributed by atoms with Crippen LogP contribution >= 0.6 is 0 Å².